The Morgan fingerprint density at radius 1 is 1.19 bits per heavy atom. The van der Waals surface area contributed by atoms with Crippen LogP contribution in [0.5, 0.6) is 0 Å². The van der Waals surface area contributed by atoms with E-state index >= 15 is 4.39 Å². The lowest BCUT2D eigenvalue weighted by Gasteiger charge is -2.26. The number of likely N-dealkylation sites (tertiary alicyclic amines) is 2. The van der Waals surface area contributed by atoms with E-state index in [0.717, 1.165) is 15.4 Å². The third kappa shape index (κ3) is 3.99. The first-order chi connectivity index (χ1) is 12.6. The quantitative estimate of drug-likeness (QED) is 0.788. The second-order valence-corrected chi connectivity index (χ2v) is 7.96. The van der Waals surface area contributed by atoms with Gasteiger partial charge in [-0.1, -0.05) is 30.3 Å². The fourth-order valence-electron chi connectivity index (χ4n) is 3.41. The predicted octanol–water partition coefficient (Wildman–Crippen LogP) is 3.30. The Kier molecular flexibility index (Phi) is 5.01. The number of carbonyl (C=O) groups excluding carboxylic acids is 2. The first-order valence-corrected chi connectivity index (χ1v) is 8.88. The van der Waals surface area contributed by atoms with Crippen LogP contribution in [-0.4, -0.2) is 65.1 Å². The summed E-state index contributed by atoms with van der Waals surface area (Å²) in [5.41, 5.74) is -2.29. The van der Waals surface area contributed by atoms with E-state index < -0.39 is 48.8 Å². The molecule has 0 saturated carbocycles. The zero-order chi connectivity index (χ0) is 19.8. The van der Waals surface area contributed by atoms with Crippen LogP contribution in [0.15, 0.2) is 30.3 Å². The highest BCUT2D eigenvalue weighted by Gasteiger charge is 2.63. The van der Waals surface area contributed by atoms with Crippen molar-refractivity contribution < 1.29 is 27.8 Å². The van der Waals surface area contributed by atoms with E-state index in [-0.39, 0.29) is 13.2 Å². The highest BCUT2D eigenvalue weighted by molar-refractivity contribution is 5.72. The Morgan fingerprint density at radius 2 is 1.85 bits per heavy atom. The molecule has 2 heterocycles. The van der Waals surface area contributed by atoms with Gasteiger partial charge in [-0.2, -0.15) is 0 Å². The maximum Gasteiger partial charge on any atom is 0.410 e. The number of rotatable bonds is 2. The van der Waals surface area contributed by atoms with Crippen LogP contribution in [0.2, 0.25) is 0 Å². The minimum atomic E-state index is -2.32. The van der Waals surface area contributed by atoms with Crippen molar-refractivity contribution in [2.45, 2.75) is 50.9 Å². The topological polar surface area (TPSA) is 59.1 Å². The highest BCUT2D eigenvalue weighted by Crippen LogP contribution is 2.41. The number of amides is 2. The number of hydrogen-bond acceptors (Lipinski definition) is 4. The summed E-state index contributed by atoms with van der Waals surface area (Å²) < 4.78 is 40.1. The maximum atomic E-state index is 15.2. The number of halogens is 2. The molecule has 0 aliphatic carbocycles. The summed E-state index contributed by atoms with van der Waals surface area (Å²) in [6.45, 7) is 4.11. The van der Waals surface area contributed by atoms with Crippen LogP contribution in [0.25, 0.3) is 0 Å². The summed E-state index contributed by atoms with van der Waals surface area (Å²) in [5.74, 6) is 0. The average Bonchev–Trinajstić information content (AvgIpc) is 3.06. The van der Waals surface area contributed by atoms with Crippen molar-refractivity contribution in [1.82, 2.24) is 9.80 Å². The Balaban J connectivity index is 1.66. The fourth-order valence-corrected chi connectivity index (χ4v) is 3.41. The number of benzene rings is 1. The van der Waals surface area contributed by atoms with Crippen molar-refractivity contribution in [3.8, 4) is 0 Å². The van der Waals surface area contributed by atoms with Gasteiger partial charge in [-0.3, -0.25) is 4.90 Å². The summed E-state index contributed by atoms with van der Waals surface area (Å²) in [7, 11) is 0. The minimum Gasteiger partial charge on any atom is -0.445 e. The molecule has 0 radical (unpaired) electrons. The van der Waals surface area contributed by atoms with Crippen LogP contribution in [0, 0.1) is 0 Å². The SMILES string of the molecule is CC(C)(C)OC(=O)N1CC2N(C(=O)OCc3ccccc3)CC(F)C2(F)C1. The Labute approximate surface area is 157 Å². The smallest absolute Gasteiger partial charge is 0.410 e. The molecule has 2 aliphatic rings. The molecule has 0 N–H and O–H groups in total. The van der Waals surface area contributed by atoms with E-state index in [9.17, 15) is 14.0 Å². The van der Waals surface area contributed by atoms with E-state index in [0.29, 0.717) is 0 Å². The highest BCUT2D eigenvalue weighted by atomic mass is 19.2. The second-order valence-electron chi connectivity index (χ2n) is 7.96. The van der Waals surface area contributed by atoms with Gasteiger partial charge in [0.1, 0.15) is 12.2 Å². The molecule has 0 bridgehead atoms. The summed E-state index contributed by atoms with van der Waals surface area (Å²) in [6, 6.07) is 7.92. The number of fused-ring (bicyclic) bond motifs is 1. The van der Waals surface area contributed by atoms with Crippen molar-refractivity contribution in [1.29, 1.82) is 0 Å². The van der Waals surface area contributed by atoms with Gasteiger partial charge in [-0.15, -0.1) is 0 Å². The van der Waals surface area contributed by atoms with Crippen molar-refractivity contribution >= 4 is 12.2 Å². The molecule has 2 fully saturated rings. The molecule has 3 atom stereocenters. The second kappa shape index (κ2) is 6.98. The van der Waals surface area contributed by atoms with Crippen LogP contribution in [0.3, 0.4) is 0 Å². The first kappa shape index (κ1) is 19.4. The molecule has 0 spiro atoms. The van der Waals surface area contributed by atoms with E-state index in [1.165, 1.54) is 0 Å². The molecule has 2 saturated heterocycles. The molecule has 27 heavy (non-hydrogen) atoms. The molecule has 3 unspecified atom stereocenters. The van der Waals surface area contributed by atoms with Crippen LogP contribution >= 0.6 is 0 Å². The lowest BCUT2D eigenvalue weighted by Crippen LogP contribution is -2.45. The normalized spacial score (nSPS) is 27.4. The Bertz CT molecular complexity index is 709. The Morgan fingerprint density at radius 3 is 2.48 bits per heavy atom. The number of nitrogens with zero attached hydrogens (tertiary/aromatic N) is 2. The average molecular weight is 382 g/mol. The lowest BCUT2D eigenvalue weighted by atomic mass is 9.99. The molecule has 1 aromatic rings. The van der Waals surface area contributed by atoms with E-state index in [2.05, 4.69) is 0 Å². The van der Waals surface area contributed by atoms with E-state index in [1.807, 2.05) is 6.07 Å². The molecular weight excluding hydrogens is 358 g/mol. The summed E-state index contributed by atoms with van der Waals surface area (Å²) in [4.78, 5) is 26.7. The van der Waals surface area contributed by atoms with Crippen molar-refractivity contribution in [2.24, 2.45) is 0 Å². The molecule has 148 valence electrons. The van der Waals surface area contributed by atoms with E-state index in [4.69, 9.17) is 9.47 Å². The molecule has 3 rings (SSSR count). The van der Waals surface area contributed by atoms with Gasteiger partial charge < -0.3 is 14.4 Å². The van der Waals surface area contributed by atoms with Gasteiger partial charge in [-0.05, 0) is 26.3 Å². The molecular formula is C19H24F2N2O4. The van der Waals surface area contributed by atoms with Gasteiger partial charge in [0.25, 0.3) is 0 Å². The fraction of sp³-hybridized carbons (Fsp3) is 0.579. The van der Waals surface area contributed by atoms with Crippen LogP contribution < -0.4 is 0 Å². The van der Waals surface area contributed by atoms with Crippen LogP contribution in [0.4, 0.5) is 18.4 Å². The lowest BCUT2D eigenvalue weighted by molar-refractivity contribution is 0.0210. The van der Waals surface area contributed by atoms with Gasteiger partial charge in [0.2, 0.25) is 0 Å². The summed E-state index contributed by atoms with van der Waals surface area (Å²) in [5, 5.41) is 0. The zero-order valence-corrected chi connectivity index (χ0v) is 15.7. The third-order valence-corrected chi connectivity index (χ3v) is 4.73. The minimum absolute atomic E-state index is 0.00884. The van der Waals surface area contributed by atoms with E-state index in [1.54, 1.807) is 45.0 Å². The summed E-state index contributed by atoms with van der Waals surface area (Å²) in [6.07, 6.45) is -3.41. The largest absolute Gasteiger partial charge is 0.445 e. The third-order valence-electron chi connectivity index (χ3n) is 4.73. The van der Waals surface area contributed by atoms with Gasteiger partial charge in [0, 0.05) is 6.54 Å². The van der Waals surface area contributed by atoms with Crippen molar-refractivity contribution in [3.63, 3.8) is 0 Å². The molecule has 2 aliphatic heterocycles. The number of hydrogen-bond donors (Lipinski definition) is 0. The molecule has 0 aromatic heterocycles. The number of carbonyl (C=O) groups is 2. The van der Waals surface area contributed by atoms with Crippen LogP contribution in [-0.2, 0) is 16.1 Å². The molecule has 8 heteroatoms. The summed E-state index contributed by atoms with van der Waals surface area (Å²) >= 11 is 0. The standard InChI is InChI=1S/C19H24F2N2O4/c1-18(2,3)27-16(24)22-10-15-19(21,12-22)14(20)9-23(15)17(25)26-11-13-7-5-4-6-8-13/h4-8,14-15H,9-12H2,1-3H3. The molecule has 2 amide bonds. The Hall–Kier alpha value is -2.38. The molecule has 6 nitrogen and oxygen atoms in total. The van der Waals surface area contributed by atoms with Crippen molar-refractivity contribution in [3.05, 3.63) is 35.9 Å². The van der Waals surface area contributed by atoms with Gasteiger partial charge in [-0.25, -0.2) is 18.4 Å². The predicted molar refractivity (Wildman–Crippen MR) is 93.7 cm³/mol. The zero-order valence-electron chi connectivity index (χ0n) is 15.7. The maximum absolute atomic E-state index is 15.2. The van der Waals surface area contributed by atoms with Crippen LogP contribution in [0.1, 0.15) is 26.3 Å². The first-order valence-electron chi connectivity index (χ1n) is 8.88. The van der Waals surface area contributed by atoms with Crippen molar-refractivity contribution in [2.75, 3.05) is 19.6 Å². The number of alkyl halides is 2. The number of ether oxygens (including phenoxy) is 2. The van der Waals surface area contributed by atoms with Gasteiger partial charge in [0.15, 0.2) is 11.8 Å². The monoisotopic (exact) mass is 382 g/mol. The van der Waals surface area contributed by atoms with Gasteiger partial charge in [0.05, 0.1) is 19.1 Å². The van der Waals surface area contributed by atoms with Gasteiger partial charge >= 0.3 is 12.2 Å². The molecule has 1 aromatic carbocycles.